The SMILES string of the molecule is CC(=O)N(C)[C@@H](C)CO. The Morgan fingerprint density at radius 2 is 2.22 bits per heavy atom. The highest BCUT2D eigenvalue weighted by Gasteiger charge is 2.08. The molecule has 0 heterocycles. The van der Waals surface area contributed by atoms with E-state index in [1.54, 1.807) is 14.0 Å². The molecule has 3 nitrogen and oxygen atoms in total. The summed E-state index contributed by atoms with van der Waals surface area (Å²) in [7, 11) is 1.67. The predicted octanol–water partition coefficient (Wildman–Crippen LogP) is -0.155. The van der Waals surface area contributed by atoms with Crippen LogP contribution in [0.1, 0.15) is 13.8 Å². The van der Waals surface area contributed by atoms with Crippen molar-refractivity contribution >= 4 is 5.91 Å². The number of carbonyl (C=O) groups excluding carboxylic acids is 1. The Labute approximate surface area is 55.3 Å². The van der Waals surface area contributed by atoms with Crippen LogP contribution in [0.15, 0.2) is 0 Å². The van der Waals surface area contributed by atoms with E-state index in [1.165, 1.54) is 11.8 Å². The normalized spacial score (nSPS) is 12.9. The minimum absolute atomic E-state index is 0.0171. The van der Waals surface area contributed by atoms with Crippen molar-refractivity contribution in [1.82, 2.24) is 4.90 Å². The molecule has 9 heavy (non-hydrogen) atoms. The van der Waals surface area contributed by atoms with Crippen molar-refractivity contribution in [2.75, 3.05) is 13.7 Å². The van der Waals surface area contributed by atoms with E-state index >= 15 is 0 Å². The lowest BCUT2D eigenvalue weighted by Crippen LogP contribution is -2.35. The van der Waals surface area contributed by atoms with E-state index in [1.807, 2.05) is 0 Å². The first-order valence-corrected chi connectivity index (χ1v) is 2.93. The summed E-state index contributed by atoms with van der Waals surface area (Å²) >= 11 is 0. The van der Waals surface area contributed by atoms with Gasteiger partial charge >= 0.3 is 0 Å². The average molecular weight is 131 g/mol. The number of rotatable bonds is 2. The monoisotopic (exact) mass is 131 g/mol. The van der Waals surface area contributed by atoms with Gasteiger partial charge in [0.1, 0.15) is 0 Å². The summed E-state index contributed by atoms with van der Waals surface area (Å²) in [5.41, 5.74) is 0. The highest BCUT2D eigenvalue weighted by molar-refractivity contribution is 5.73. The van der Waals surface area contributed by atoms with Crippen LogP contribution in [0.25, 0.3) is 0 Å². The van der Waals surface area contributed by atoms with Gasteiger partial charge in [0, 0.05) is 14.0 Å². The Kier molecular flexibility index (Phi) is 3.24. The first-order valence-electron chi connectivity index (χ1n) is 2.93. The summed E-state index contributed by atoms with van der Waals surface area (Å²) in [5.74, 6) is -0.0171. The maximum absolute atomic E-state index is 10.6. The van der Waals surface area contributed by atoms with E-state index in [-0.39, 0.29) is 18.6 Å². The zero-order valence-corrected chi connectivity index (χ0v) is 6.09. The molecule has 0 radical (unpaired) electrons. The molecule has 0 bridgehead atoms. The van der Waals surface area contributed by atoms with Gasteiger partial charge in [-0.2, -0.15) is 0 Å². The van der Waals surface area contributed by atoms with Gasteiger partial charge in [-0.3, -0.25) is 4.79 Å². The second kappa shape index (κ2) is 3.45. The molecule has 1 atom stereocenters. The van der Waals surface area contributed by atoms with Gasteiger partial charge in [0.2, 0.25) is 5.91 Å². The highest BCUT2D eigenvalue weighted by Crippen LogP contribution is 1.92. The van der Waals surface area contributed by atoms with Crippen LogP contribution in [-0.4, -0.2) is 35.6 Å². The Morgan fingerprint density at radius 1 is 1.78 bits per heavy atom. The molecule has 0 spiro atoms. The minimum atomic E-state index is -0.0671. The van der Waals surface area contributed by atoms with Crippen molar-refractivity contribution in [2.45, 2.75) is 19.9 Å². The summed E-state index contributed by atoms with van der Waals surface area (Å²) in [6.07, 6.45) is 0. The lowest BCUT2D eigenvalue weighted by molar-refractivity contribution is -0.130. The van der Waals surface area contributed by atoms with Gasteiger partial charge in [0.15, 0.2) is 0 Å². The maximum atomic E-state index is 10.6. The number of aliphatic hydroxyl groups excluding tert-OH is 1. The fourth-order valence-corrected chi connectivity index (χ4v) is 0.433. The van der Waals surface area contributed by atoms with Crippen molar-refractivity contribution in [3.63, 3.8) is 0 Å². The first kappa shape index (κ1) is 8.43. The number of hydrogen-bond acceptors (Lipinski definition) is 2. The molecule has 0 aliphatic heterocycles. The quantitative estimate of drug-likeness (QED) is 0.566. The summed E-state index contributed by atoms with van der Waals surface area (Å²) in [6, 6.07) is -0.0671. The van der Waals surface area contributed by atoms with E-state index < -0.39 is 0 Å². The third kappa shape index (κ3) is 2.46. The molecule has 3 heteroatoms. The minimum Gasteiger partial charge on any atom is -0.394 e. The lowest BCUT2D eigenvalue weighted by atomic mass is 10.3. The molecule has 0 saturated carbocycles. The van der Waals surface area contributed by atoms with Gasteiger partial charge in [-0.1, -0.05) is 0 Å². The van der Waals surface area contributed by atoms with Crippen LogP contribution in [0.2, 0.25) is 0 Å². The summed E-state index contributed by atoms with van der Waals surface area (Å²) in [5, 5.41) is 8.56. The van der Waals surface area contributed by atoms with Crippen molar-refractivity contribution in [2.24, 2.45) is 0 Å². The van der Waals surface area contributed by atoms with Gasteiger partial charge in [0.05, 0.1) is 12.6 Å². The Morgan fingerprint density at radius 3 is 2.33 bits per heavy atom. The third-order valence-electron chi connectivity index (χ3n) is 1.42. The molecule has 0 aliphatic carbocycles. The summed E-state index contributed by atoms with van der Waals surface area (Å²) in [4.78, 5) is 12.1. The van der Waals surface area contributed by atoms with Crippen molar-refractivity contribution in [3.05, 3.63) is 0 Å². The summed E-state index contributed by atoms with van der Waals surface area (Å²) in [6.45, 7) is 3.30. The van der Waals surface area contributed by atoms with Gasteiger partial charge in [-0.25, -0.2) is 0 Å². The number of carbonyl (C=O) groups is 1. The van der Waals surface area contributed by atoms with E-state index in [0.717, 1.165) is 0 Å². The fraction of sp³-hybridized carbons (Fsp3) is 0.833. The maximum Gasteiger partial charge on any atom is 0.219 e. The van der Waals surface area contributed by atoms with Crippen molar-refractivity contribution in [3.8, 4) is 0 Å². The molecule has 0 aromatic carbocycles. The van der Waals surface area contributed by atoms with Gasteiger partial charge in [-0.15, -0.1) is 0 Å². The van der Waals surface area contributed by atoms with Crippen LogP contribution >= 0.6 is 0 Å². The second-order valence-electron chi connectivity index (χ2n) is 2.16. The number of amides is 1. The van der Waals surface area contributed by atoms with Crippen molar-refractivity contribution < 1.29 is 9.90 Å². The lowest BCUT2D eigenvalue weighted by Gasteiger charge is -2.20. The smallest absolute Gasteiger partial charge is 0.219 e. The van der Waals surface area contributed by atoms with Crippen LogP contribution in [-0.2, 0) is 4.79 Å². The molecule has 0 unspecified atom stereocenters. The molecule has 0 aromatic heterocycles. The Hall–Kier alpha value is -0.570. The van der Waals surface area contributed by atoms with Crippen LogP contribution < -0.4 is 0 Å². The van der Waals surface area contributed by atoms with Gasteiger partial charge < -0.3 is 10.0 Å². The molecular formula is C6H13NO2. The first-order chi connectivity index (χ1) is 4.09. The molecule has 0 saturated heterocycles. The van der Waals surface area contributed by atoms with E-state index in [2.05, 4.69) is 0 Å². The molecule has 1 amide bonds. The Balaban J connectivity index is 3.72. The van der Waals surface area contributed by atoms with Crippen LogP contribution in [0.4, 0.5) is 0 Å². The van der Waals surface area contributed by atoms with E-state index in [0.29, 0.717) is 0 Å². The second-order valence-corrected chi connectivity index (χ2v) is 2.16. The molecule has 0 aliphatic rings. The van der Waals surface area contributed by atoms with E-state index in [9.17, 15) is 4.79 Å². The fourth-order valence-electron chi connectivity index (χ4n) is 0.433. The highest BCUT2D eigenvalue weighted by atomic mass is 16.3. The number of aliphatic hydroxyl groups is 1. The number of likely N-dealkylation sites (N-methyl/N-ethyl adjacent to an activating group) is 1. The third-order valence-corrected chi connectivity index (χ3v) is 1.42. The van der Waals surface area contributed by atoms with Crippen LogP contribution in [0.5, 0.6) is 0 Å². The Bertz CT molecular complexity index is 103. The van der Waals surface area contributed by atoms with E-state index in [4.69, 9.17) is 5.11 Å². The van der Waals surface area contributed by atoms with Crippen molar-refractivity contribution in [1.29, 1.82) is 0 Å². The van der Waals surface area contributed by atoms with Crippen LogP contribution in [0.3, 0.4) is 0 Å². The molecular weight excluding hydrogens is 118 g/mol. The van der Waals surface area contributed by atoms with Gasteiger partial charge in [0.25, 0.3) is 0 Å². The summed E-state index contributed by atoms with van der Waals surface area (Å²) < 4.78 is 0. The largest absolute Gasteiger partial charge is 0.394 e. The number of hydrogen-bond donors (Lipinski definition) is 1. The van der Waals surface area contributed by atoms with Gasteiger partial charge in [-0.05, 0) is 6.92 Å². The van der Waals surface area contributed by atoms with Crippen LogP contribution in [0, 0.1) is 0 Å². The standard InChI is InChI=1S/C6H13NO2/c1-5(4-8)7(3)6(2)9/h5,8H,4H2,1-3H3/t5-/m0/s1. The zero-order chi connectivity index (χ0) is 7.44. The number of nitrogens with zero attached hydrogens (tertiary/aromatic N) is 1. The topological polar surface area (TPSA) is 40.5 Å². The molecule has 0 fully saturated rings. The molecule has 0 aromatic rings. The predicted molar refractivity (Wildman–Crippen MR) is 35.0 cm³/mol. The molecule has 0 rings (SSSR count). The molecule has 1 N–H and O–H groups in total. The molecule has 54 valence electrons. The average Bonchev–Trinajstić information content (AvgIpc) is 1.84. The zero-order valence-electron chi connectivity index (χ0n) is 6.09.